The maximum Gasteiger partial charge on any atom is 0.129 e. The molecule has 2 heterocycles. The molecule has 0 unspecified atom stereocenters. The lowest BCUT2D eigenvalue weighted by Gasteiger charge is -2.02. The standard InChI is InChI=1S/C10H10ClN3S/c1-7-14-9(6-15-7)5-12-8-2-3-10(11)13-4-8/h2-4,6,12H,5H2,1H3. The normalized spacial score (nSPS) is 10.3. The fourth-order valence-electron chi connectivity index (χ4n) is 1.16. The number of hydrogen-bond donors (Lipinski definition) is 1. The molecule has 15 heavy (non-hydrogen) atoms. The van der Waals surface area contributed by atoms with Gasteiger partial charge in [-0.2, -0.15) is 0 Å². The Morgan fingerprint density at radius 2 is 2.33 bits per heavy atom. The molecule has 0 saturated heterocycles. The Labute approximate surface area is 97.2 Å². The largest absolute Gasteiger partial charge is 0.378 e. The van der Waals surface area contributed by atoms with Gasteiger partial charge < -0.3 is 5.32 Å². The van der Waals surface area contributed by atoms with E-state index in [0.717, 1.165) is 16.4 Å². The predicted octanol–water partition coefficient (Wildman–Crippen LogP) is 3.11. The van der Waals surface area contributed by atoms with Crippen LogP contribution in [-0.2, 0) is 6.54 Å². The van der Waals surface area contributed by atoms with Gasteiger partial charge in [-0.05, 0) is 19.1 Å². The molecule has 0 bridgehead atoms. The van der Waals surface area contributed by atoms with E-state index in [0.29, 0.717) is 11.7 Å². The summed E-state index contributed by atoms with van der Waals surface area (Å²) in [6.07, 6.45) is 1.71. The highest BCUT2D eigenvalue weighted by atomic mass is 35.5. The minimum Gasteiger partial charge on any atom is -0.378 e. The highest BCUT2D eigenvalue weighted by Gasteiger charge is 1.98. The van der Waals surface area contributed by atoms with E-state index in [1.165, 1.54) is 0 Å². The van der Waals surface area contributed by atoms with Crippen molar-refractivity contribution >= 4 is 28.6 Å². The van der Waals surface area contributed by atoms with Crippen LogP contribution in [0.25, 0.3) is 0 Å². The molecule has 0 amide bonds. The summed E-state index contributed by atoms with van der Waals surface area (Å²) >= 11 is 7.34. The average Bonchev–Trinajstić information content (AvgIpc) is 2.64. The third kappa shape index (κ3) is 2.91. The van der Waals surface area contributed by atoms with Crippen LogP contribution in [0, 0.1) is 6.92 Å². The molecule has 0 fully saturated rings. The van der Waals surface area contributed by atoms with E-state index in [1.54, 1.807) is 23.6 Å². The molecule has 2 aromatic heterocycles. The molecule has 0 radical (unpaired) electrons. The highest BCUT2D eigenvalue weighted by molar-refractivity contribution is 7.09. The van der Waals surface area contributed by atoms with Crippen LogP contribution in [0.1, 0.15) is 10.7 Å². The molecule has 0 saturated carbocycles. The number of anilines is 1. The first kappa shape index (κ1) is 10.4. The van der Waals surface area contributed by atoms with Gasteiger partial charge in [-0.1, -0.05) is 11.6 Å². The fraction of sp³-hybridized carbons (Fsp3) is 0.200. The van der Waals surface area contributed by atoms with E-state index in [4.69, 9.17) is 11.6 Å². The van der Waals surface area contributed by atoms with Gasteiger partial charge in [-0.3, -0.25) is 0 Å². The third-order valence-corrected chi connectivity index (χ3v) is 2.91. The van der Waals surface area contributed by atoms with Gasteiger partial charge in [0.1, 0.15) is 5.15 Å². The van der Waals surface area contributed by atoms with Gasteiger partial charge in [-0.25, -0.2) is 9.97 Å². The minimum atomic E-state index is 0.505. The first-order valence-corrected chi connectivity index (χ1v) is 5.76. The summed E-state index contributed by atoms with van der Waals surface area (Å²) in [6.45, 7) is 2.71. The van der Waals surface area contributed by atoms with E-state index in [1.807, 2.05) is 18.4 Å². The first-order valence-electron chi connectivity index (χ1n) is 4.50. The van der Waals surface area contributed by atoms with Crippen molar-refractivity contribution in [3.05, 3.63) is 39.6 Å². The Morgan fingerprint density at radius 3 is 2.93 bits per heavy atom. The topological polar surface area (TPSA) is 37.8 Å². The maximum atomic E-state index is 5.68. The van der Waals surface area contributed by atoms with E-state index in [9.17, 15) is 0 Å². The quantitative estimate of drug-likeness (QED) is 0.837. The van der Waals surface area contributed by atoms with Crippen LogP contribution in [0.3, 0.4) is 0 Å². The van der Waals surface area contributed by atoms with Gasteiger partial charge in [0.25, 0.3) is 0 Å². The van der Waals surface area contributed by atoms with Crippen molar-refractivity contribution in [2.75, 3.05) is 5.32 Å². The van der Waals surface area contributed by atoms with Crippen molar-refractivity contribution in [1.82, 2.24) is 9.97 Å². The molecule has 78 valence electrons. The number of halogens is 1. The van der Waals surface area contributed by atoms with Gasteiger partial charge in [0, 0.05) is 5.38 Å². The summed E-state index contributed by atoms with van der Waals surface area (Å²) in [7, 11) is 0. The fourth-order valence-corrected chi connectivity index (χ4v) is 1.89. The number of thiazole rings is 1. The van der Waals surface area contributed by atoms with Crippen LogP contribution >= 0.6 is 22.9 Å². The summed E-state index contributed by atoms with van der Waals surface area (Å²) in [4.78, 5) is 8.33. The van der Waals surface area contributed by atoms with Crippen LogP contribution < -0.4 is 5.32 Å². The molecule has 5 heteroatoms. The molecule has 0 aliphatic heterocycles. The van der Waals surface area contributed by atoms with E-state index < -0.39 is 0 Å². The summed E-state index contributed by atoms with van der Waals surface area (Å²) in [5.74, 6) is 0. The van der Waals surface area contributed by atoms with Crippen LogP contribution in [0.2, 0.25) is 5.15 Å². The SMILES string of the molecule is Cc1nc(CNc2ccc(Cl)nc2)cs1. The highest BCUT2D eigenvalue weighted by Crippen LogP contribution is 2.12. The molecule has 0 aliphatic rings. The van der Waals surface area contributed by atoms with Crippen molar-refractivity contribution < 1.29 is 0 Å². The minimum absolute atomic E-state index is 0.505. The van der Waals surface area contributed by atoms with Crippen LogP contribution in [0.4, 0.5) is 5.69 Å². The van der Waals surface area contributed by atoms with Crippen molar-refractivity contribution in [2.24, 2.45) is 0 Å². The summed E-state index contributed by atoms with van der Waals surface area (Å²) in [5.41, 5.74) is 2.00. The number of pyridine rings is 1. The molecule has 3 nitrogen and oxygen atoms in total. The maximum absolute atomic E-state index is 5.68. The molecule has 0 aromatic carbocycles. The number of hydrogen-bond acceptors (Lipinski definition) is 4. The molecule has 0 atom stereocenters. The smallest absolute Gasteiger partial charge is 0.129 e. The molecular formula is C10H10ClN3S. The Balaban J connectivity index is 1.96. The number of aryl methyl sites for hydroxylation is 1. The third-order valence-electron chi connectivity index (χ3n) is 1.87. The number of nitrogens with one attached hydrogen (secondary N) is 1. The van der Waals surface area contributed by atoms with Crippen LogP contribution in [-0.4, -0.2) is 9.97 Å². The predicted molar refractivity (Wildman–Crippen MR) is 63.4 cm³/mol. The molecule has 0 spiro atoms. The molecule has 1 N–H and O–H groups in total. The number of rotatable bonds is 3. The van der Waals surface area contributed by atoms with Crippen molar-refractivity contribution in [2.45, 2.75) is 13.5 Å². The lowest BCUT2D eigenvalue weighted by molar-refractivity contribution is 1.05. The van der Waals surface area contributed by atoms with E-state index >= 15 is 0 Å². The molecule has 2 rings (SSSR count). The van der Waals surface area contributed by atoms with Crippen molar-refractivity contribution in [3.8, 4) is 0 Å². The zero-order valence-electron chi connectivity index (χ0n) is 8.20. The van der Waals surface area contributed by atoms with Crippen molar-refractivity contribution in [3.63, 3.8) is 0 Å². The number of aromatic nitrogens is 2. The van der Waals surface area contributed by atoms with Crippen LogP contribution in [0.15, 0.2) is 23.7 Å². The lowest BCUT2D eigenvalue weighted by atomic mass is 10.4. The van der Waals surface area contributed by atoms with Gasteiger partial charge >= 0.3 is 0 Å². The van der Waals surface area contributed by atoms with Gasteiger partial charge in [0.2, 0.25) is 0 Å². The summed E-state index contributed by atoms with van der Waals surface area (Å²) in [6, 6.07) is 3.66. The van der Waals surface area contributed by atoms with Gasteiger partial charge in [0.05, 0.1) is 29.1 Å². The second-order valence-electron chi connectivity index (χ2n) is 3.08. The summed E-state index contributed by atoms with van der Waals surface area (Å²) in [5, 5.41) is 6.86. The Bertz CT molecular complexity index is 438. The average molecular weight is 240 g/mol. The Morgan fingerprint density at radius 1 is 1.47 bits per heavy atom. The summed E-state index contributed by atoms with van der Waals surface area (Å²) < 4.78 is 0. The van der Waals surface area contributed by atoms with Crippen LogP contribution in [0.5, 0.6) is 0 Å². The monoisotopic (exact) mass is 239 g/mol. The van der Waals surface area contributed by atoms with E-state index in [-0.39, 0.29) is 0 Å². The molecule has 0 aliphatic carbocycles. The Kier molecular flexibility index (Phi) is 3.18. The molecular weight excluding hydrogens is 230 g/mol. The zero-order valence-corrected chi connectivity index (χ0v) is 9.77. The Hall–Kier alpha value is -1.13. The zero-order chi connectivity index (χ0) is 10.7. The molecule has 2 aromatic rings. The van der Waals surface area contributed by atoms with Gasteiger partial charge in [0.15, 0.2) is 0 Å². The first-order chi connectivity index (χ1) is 7.24. The van der Waals surface area contributed by atoms with Crippen molar-refractivity contribution in [1.29, 1.82) is 0 Å². The lowest BCUT2D eigenvalue weighted by Crippen LogP contribution is -1.99. The second kappa shape index (κ2) is 4.59. The second-order valence-corrected chi connectivity index (χ2v) is 4.53. The number of nitrogens with zero attached hydrogens (tertiary/aromatic N) is 2. The van der Waals surface area contributed by atoms with Gasteiger partial charge in [-0.15, -0.1) is 11.3 Å². The van der Waals surface area contributed by atoms with E-state index in [2.05, 4.69) is 15.3 Å².